The zero-order valence-corrected chi connectivity index (χ0v) is 15.8. The van der Waals surface area contributed by atoms with E-state index in [0.29, 0.717) is 25.7 Å². The van der Waals surface area contributed by atoms with Gasteiger partial charge >= 0.3 is 0 Å². The summed E-state index contributed by atoms with van der Waals surface area (Å²) in [6.07, 6.45) is 2.33. The standard InChI is InChI=1S/C19H30N2O2.ClH/c1-15(2)17(20)9-12-21(3)18(22)19(10-13-23-14-11-19)16-7-5-4-6-8-16;/h4-8,15,17H,9-14,20H2,1-3H3;1H. The predicted octanol–water partition coefficient (Wildman–Crippen LogP) is 2.99. The second-order valence-electron chi connectivity index (χ2n) is 6.98. The van der Waals surface area contributed by atoms with Crippen molar-refractivity contribution in [1.29, 1.82) is 0 Å². The van der Waals surface area contributed by atoms with Gasteiger partial charge in [0, 0.05) is 32.8 Å². The molecule has 1 fully saturated rings. The lowest BCUT2D eigenvalue weighted by molar-refractivity contribution is -0.140. The average Bonchev–Trinajstić information content (AvgIpc) is 2.59. The number of amides is 1. The maximum atomic E-state index is 13.2. The molecule has 2 N–H and O–H groups in total. The van der Waals surface area contributed by atoms with Gasteiger partial charge in [-0.05, 0) is 30.7 Å². The number of rotatable bonds is 6. The third kappa shape index (κ3) is 4.71. The van der Waals surface area contributed by atoms with E-state index in [1.807, 2.05) is 30.1 Å². The van der Waals surface area contributed by atoms with Crippen molar-refractivity contribution < 1.29 is 9.53 Å². The van der Waals surface area contributed by atoms with Gasteiger partial charge in [0.1, 0.15) is 0 Å². The van der Waals surface area contributed by atoms with E-state index in [1.165, 1.54) is 0 Å². The Kier molecular flexibility index (Phi) is 8.20. The minimum absolute atomic E-state index is 0. The normalized spacial score (nSPS) is 17.9. The van der Waals surface area contributed by atoms with Gasteiger partial charge in [-0.25, -0.2) is 0 Å². The number of nitrogens with two attached hydrogens (primary N) is 1. The van der Waals surface area contributed by atoms with Crippen LogP contribution in [0.15, 0.2) is 30.3 Å². The Bertz CT molecular complexity index is 501. The van der Waals surface area contributed by atoms with Crippen LogP contribution in [0.3, 0.4) is 0 Å². The van der Waals surface area contributed by atoms with Crippen molar-refractivity contribution in [1.82, 2.24) is 4.90 Å². The Morgan fingerprint density at radius 3 is 2.38 bits per heavy atom. The number of hydrogen-bond acceptors (Lipinski definition) is 3. The Hall–Kier alpha value is -1.10. The average molecular weight is 355 g/mol. The van der Waals surface area contributed by atoms with Crippen molar-refractivity contribution >= 4 is 18.3 Å². The number of halogens is 1. The predicted molar refractivity (Wildman–Crippen MR) is 100 cm³/mol. The molecule has 2 rings (SSSR count). The van der Waals surface area contributed by atoms with Gasteiger partial charge in [0.2, 0.25) is 5.91 Å². The first-order chi connectivity index (χ1) is 11.0. The summed E-state index contributed by atoms with van der Waals surface area (Å²) in [5.74, 6) is 0.632. The molecule has 1 aromatic rings. The van der Waals surface area contributed by atoms with Crippen LogP contribution in [0.25, 0.3) is 0 Å². The maximum Gasteiger partial charge on any atom is 0.233 e. The fourth-order valence-electron chi connectivity index (χ4n) is 3.25. The summed E-state index contributed by atoms with van der Waals surface area (Å²) in [7, 11) is 1.90. The van der Waals surface area contributed by atoms with Gasteiger partial charge in [-0.15, -0.1) is 12.4 Å². The highest BCUT2D eigenvalue weighted by atomic mass is 35.5. The molecule has 1 heterocycles. The molecule has 0 aliphatic carbocycles. The summed E-state index contributed by atoms with van der Waals surface area (Å²) in [6.45, 7) is 6.22. The lowest BCUT2D eigenvalue weighted by atomic mass is 9.73. The van der Waals surface area contributed by atoms with E-state index in [-0.39, 0.29) is 24.4 Å². The molecule has 4 nitrogen and oxygen atoms in total. The molecule has 1 aliphatic rings. The van der Waals surface area contributed by atoms with Crippen LogP contribution in [0, 0.1) is 5.92 Å². The topological polar surface area (TPSA) is 55.6 Å². The van der Waals surface area contributed by atoms with Gasteiger partial charge in [-0.2, -0.15) is 0 Å². The van der Waals surface area contributed by atoms with Gasteiger partial charge in [-0.3, -0.25) is 4.79 Å². The largest absolute Gasteiger partial charge is 0.381 e. The molecule has 1 amide bonds. The highest BCUT2D eigenvalue weighted by Gasteiger charge is 2.43. The molecule has 5 heteroatoms. The maximum absolute atomic E-state index is 13.2. The minimum Gasteiger partial charge on any atom is -0.381 e. The number of benzene rings is 1. The molecule has 1 aliphatic heterocycles. The van der Waals surface area contributed by atoms with E-state index in [2.05, 4.69) is 26.0 Å². The molecule has 0 saturated carbocycles. The second-order valence-corrected chi connectivity index (χ2v) is 6.98. The van der Waals surface area contributed by atoms with Crippen molar-refractivity contribution in [3.8, 4) is 0 Å². The van der Waals surface area contributed by atoms with Crippen LogP contribution in [-0.2, 0) is 14.9 Å². The van der Waals surface area contributed by atoms with Crippen LogP contribution in [0.2, 0.25) is 0 Å². The van der Waals surface area contributed by atoms with Gasteiger partial charge in [0.15, 0.2) is 0 Å². The Morgan fingerprint density at radius 1 is 1.25 bits per heavy atom. The summed E-state index contributed by atoms with van der Waals surface area (Å²) in [6, 6.07) is 10.3. The summed E-state index contributed by atoms with van der Waals surface area (Å²) in [5, 5.41) is 0. The van der Waals surface area contributed by atoms with Crippen LogP contribution < -0.4 is 5.73 Å². The number of likely N-dealkylation sites (N-methyl/N-ethyl adjacent to an activating group) is 1. The molecular weight excluding hydrogens is 324 g/mol. The molecule has 0 aromatic heterocycles. The van der Waals surface area contributed by atoms with Gasteiger partial charge in [0.05, 0.1) is 5.41 Å². The van der Waals surface area contributed by atoms with Gasteiger partial charge < -0.3 is 15.4 Å². The molecule has 0 bridgehead atoms. The molecular formula is C19H31ClN2O2. The summed E-state index contributed by atoms with van der Waals surface area (Å²) < 4.78 is 5.52. The fraction of sp³-hybridized carbons (Fsp3) is 0.632. The summed E-state index contributed by atoms with van der Waals surface area (Å²) in [5.41, 5.74) is 6.79. The number of carbonyl (C=O) groups is 1. The van der Waals surface area contributed by atoms with Crippen molar-refractivity contribution in [2.75, 3.05) is 26.8 Å². The minimum atomic E-state index is -0.448. The first-order valence-corrected chi connectivity index (χ1v) is 8.62. The molecule has 136 valence electrons. The van der Waals surface area contributed by atoms with Crippen LogP contribution in [0.1, 0.15) is 38.7 Å². The van der Waals surface area contributed by atoms with E-state index in [1.54, 1.807) is 0 Å². The number of carbonyl (C=O) groups excluding carboxylic acids is 1. The van der Waals surface area contributed by atoms with Crippen LogP contribution in [0.5, 0.6) is 0 Å². The first kappa shape index (κ1) is 20.9. The molecule has 24 heavy (non-hydrogen) atoms. The molecule has 1 saturated heterocycles. The summed E-state index contributed by atoms with van der Waals surface area (Å²) >= 11 is 0. The van der Waals surface area contributed by atoms with E-state index in [0.717, 1.165) is 24.8 Å². The quantitative estimate of drug-likeness (QED) is 0.854. The molecule has 0 radical (unpaired) electrons. The van der Waals surface area contributed by atoms with E-state index < -0.39 is 5.41 Å². The third-order valence-electron chi connectivity index (χ3n) is 5.08. The number of nitrogens with zero attached hydrogens (tertiary/aromatic N) is 1. The van der Waals surface area contributed by atoms with E-state index in [9.17, 15) is 4.79 Å². The smallest absolute Gasteiger partial charge is 0.233 e. The third-order valence-corrected chi connectivity index (χ3v) is 5.08. The lowest BCUT2D eigenvalue weighted by Crippen LogP contribution is -2.49. The van der Waals surface area contributed by atoms with Crippen molar-refractivity contribution in [3.63, 3.8) is 0 Å². The Labute approximate surface area is 152 Å². The van der Waals surface area contributed by atoms with Gasteiger partial charge in [-0.1, -0.05) is 44.2 Å². The van der Waals surface area contributed by atoms with Crippen LogP contribution in [0.4, 0.5) is 0 Å². The lowest BCUT2D eigenvalue weighted by Gasteiger charge is -2.39. The van der Waals surface area contributed by atoms with Crippen LogP contribution in [-0.4, -0.2) is 43.7 Å². The molecule has 1 atom stereocenters. The molecule has 1 aromatic carbocycles. The van der Waals surface area contributed by atoms with E-state index in [4.69, 9.17) is 10.5 Å². The van der Waals surface area contributed by atoms with Crippen molar-refractivity contribution in [2.24, 2.45) is 11.7 Å². The van der Waals surface area contributed by atoms with Crippen molar-refractivity contribution in [2.45, 2.75) is 44.6 Å². The highest BCUT2D eigenvalue weighted by molar-refractivity contribution is 5.88. The Morgan fingerprint density at radius 2 is 1.83 bits per heavy atom. The fourth-order valence-corrected chi connectivity index (χ4v) is 3.25. The molecule has 0 spiro atoms. The summed E-state index contributed by atoms with van der Waals surface area (Å²) in [4.78, 5) is 15.1. The number of hydrogen-bond donors (Lipinski definition) is 1. The first-order valence-electron chi connectivity index (χ1n) is 8.62. The molecule has 1 unspecified atom stereocenters. The van der Waals surface area contributed by atoms with Crippen LogP contribution >= 0.6 is 12.4 Å². The van der Waals surface area contributed by atoms with Gasteiger partial charge in [0.25, 0.3) is 0 Å². The SMILES string of the molecule is CC(C)C(N)CCN(C)C(=O)C1(c2ccccc2)CCOCC1.Cl. The van der Waals surface area contributed by atoms with Crippen molar-refractivity contribution in [3.05, 3.63) is 35.9 Å². The Balaban J connectivity index is 0.00000288. The zero-order valence-electron chi connectivity index (χ0n) is 15.0. The van der Waals surface area contributed by atoms with E-state index >= 15 is 0 Å². The zero-order chi connectivity index (χ0) is 16.9. The highest BCUT2D eigenvalue weighted by Crippen LogP contribution is 2.36. The monoisotopic (exact) mass is 354 g/mol. The second kappa shape index (κ2) is 9.40. The number of ether oxygens (including phenoxy) is 1.